The molecule has 1 N–H and O–H groups in total. The molecule has 2 heterocycles. The summed E-state index contributed by atoms with van der Waals surface area (Å²) in [6.07, 6.45) is 2.19. The molecule has 0 spiro atoms. The van der Waals surface area contributed by atoms with E-state index in [-0.39, 0.29) is 11.5 Å². The molecule has 0 bridgehead atoms. The maximum absolute atomic E-state index is 12.3. The summed E-state index contributed by atoms with van der Waals surface area (Å²) in [7, 11) is 1.74. The number of nitrogens with zero attached hydrogens (tertiary/aromatic N) is 4. The van der Waals surface area contributed by atoms with Crippen LogP contribution in [-0.4, -0.2) is 32.0 Å². The van der Waals surface area contributed by atoms with Crippen molar-refractivity contribution < 1.29 is 4.79 Å². The minimum absolute atomic E-state index is 0.145. The van der Waals surface area contributed by atoms with Crippen LogP contribution in [0.25, 0.3) is 11.3 Å². The van der Waals surface area contributed by atoms with Gasteiger partial charge in [0, 0.05) is 38.0 Å². The van der Waals surface area contributed by atoms with E-state index >= 15 is 0 Å². The van der Waals surface area contributed by atoms with Crippen LogP contribution in [0.3, 0.4) is 0 Å². The fourth-order valence-corrected chi connectivity index (χ4v) is 2.51. The minimum Gasteiger partial charge on any atom is -0.351 e. The highest BCUT2D eigenvalue weighted by Gasteiger charge is 2.13. The largest absolute Gasteiger partial charge is 0.351 e. The molecule has 0 saturated heterocycles. The summed E-state index contributed by atoms with van der Waals surface area (Å²) in [5.74, 6) is -0.189. The van der Waals surface area contributed by atoms with E-state index in [1.807, 2.05) is 30.3 Å². The first-order valence-electron chi connectivity index (χ1n) is 8.05. The highest BCUT2D eigenvalue weighted by atomic mass is 16.2. The number of rotatable bonds is 6. The van der Waals surface area contributed by atoms with E-state index in [2.05, 4.69) is 15.5 Å². The van der Waals surface area contributed by atoms with E-state index in [4.69, 9.17) is 0 Å². The van der Waals surface area contributed by atoms with Crippen LogP contribution >= 0.6 is 0 Å². The normalized spacial score (nSPS) is 10.6. The Labute approximate surface area is 144 Å². The molecule has 0 unspecified atom stereocenters. The molecule has 0 saturated carbocycles. The van der Waals surface area contributed by atoms with Crippen LogP contribution < -0.4 is 10.9 Å². The van der Waals surface area contributed by atoms with Gasteiger partial charge in [0.25, 0.3) is 11.5 Å². The van der Waals surface area contributed by atoms with Gasteiger partial charge in [0.15, 0.2) is 0 Å². The van der Waals surface area contributed by atoms with Crippen molar-refractivity contribution in [1.82, 2.24) is 24.9 Å². The lowest BCUT2D eigenvalue weighted by Crippen LogP contribution is -2.29. The van der Waals surface area contributed by atoms with E-state index in [1.165, 1.54) is 10.7 Å². The van der Waals surface area contributed by atoms with Crippen molar-refractivity contribution in [2.45, 2.75) is 13.0 Å². The fraction of sp³-hybridized carbons (Fsp3) is 0.222. The van der Waals surface area contributed by atoms with Gasteiger partial charge in [-0.3, -0.25) is 14.3 Å². The molecule has 7 heteroatoms. The van der Waals surface area contributed by atoms with Crippen molar-refractivity contribution in [1.29, 1.82) is 0 Å². The fourth-order valence-electron chi connectivity index (χ4n) is 2.51. The summed E-state index contributed by atoms with van der Waals surface area (Å²) in [5, 5.41) is 11.2. The number of hydrogen-bond donors (Lipinski definition) is 1. The number of hydrogen-bond acceptors (Lipinski definition) is 4. The topological polar surface area (TPSA) is 81.8 Å². The molecule has 2 aromatic heterocycles. The molecule has 25 heavy (non-hydrogen) atoms. The maximum Gasteiger partial charge on any atom is 0.269 e. The zero-order valence-corrected chi connectivity index (χ0v) is 13.9. The molecule has 1 aromatic carbocycles. The van der Waals surface area contributed by atoms with Crippen LogP contribution in [0, 0.1) is 0 Å². The average molecular weight is 337 g/mol. The maximum atomic E-state index is 12.3. The smallest absolute Gasteiger partial charge is 0.269 e. The number of aryl methyl sites for hydroxylation is 2. The van der Waals surface area contributed by atoms with Crippen LogP contribution in [0.2, 0.25) is 0 Å². The Hall–Kier alpha value is -3.22. The first-order valence-corrected chi connectivity index (χ1v) is 8.05. The third-order valence-corrected chi connectivity index (χ3v) is 3.80. The van der Waals surface area contributed by atoms with Crippen molar-refractivity contribution in [3.05, 3.63) is 70.8 Å². The van der Waals surface area contributed by atoms with Crippen molar-refractivity contribution in [3.63, 3.8) is 0 Å². The number of nitrogens with one attached hydrogen (secondary N) is 1. The second kappa shape index (κ2) is 7.57. The Bertz CT molecular complexity index is 914. The second-order valence-corrected chi connectivity index (χ2v) is 5.60. The quantitative estimate of drug-likeness (QED) is 0.691. The predicted molar refractivity (Wildman–Crippen MR) is 94.1 cm³/mol. The summed E-state index contributed by atoms with van der Waals surface area (Å²) >= 11 is 0. The van der Waals surface area contributed by atoms with Gasteiger partial charge in [0.1, 0.15) is 5.69 Å². The van der Waals surface area contributed by atoms with Crippen LogP contribution in [-0.2, 0) is 13.6 Å². The van der Waals surface area contributed by atoms with Crippen LogP contribution in [0.1, 0.15) is 16.9 Å². The number of amides is 1. The van der Waals surface area contributed by atoms with E-state index in [1.54, 1.807) is 30.1 Å². The first kappa shape index (κ1) is 16.6. The van der Waals surface area contributed by atoms with Crippen molar-refractivity contribution in [3.8, 4) is 11.3 Å². The SMILES string of the molecule is Cn1nc(-c2ccccc2)cc1C(=O)NCCCn1ncccc1=O. The van der Waals surface area contributed by atoms with E-state index in [0.717, 1.165) is 11.3 Å². The van der Waals surface area contributed by atoms with E-state index in [0.29, 0.717) is 25.2 Å². The monoisotopic (exact) mass is 337 g/mol. The highest BCUT2D eigenvalue weighted by Crippen LogP contribution is 2.18. The van der Waals surface area contributed by atoms with E-state index in [9.17, 15) is 9.59 Å². The zero-order valence-electron chi connectivity index (χ0n) is 13.9. The molecule has 0 aliphatic heterocycles. The molecule has 3 rings (SSSR count). The number of aromatic nitrogens is 4. The van der Waals surface area contributed by atoms with Gasteiger partial charge in [-0.15, -0.1) is 0 Å². The molecule has 0 atom stereocenters. The lowest BCUT2D eigenvalue weighted by atomic mass is 10.1. The number of benzene rings is 1. The predicted octanol–water partition coefficient (Wildman–Crippen LogP) is 1.46. The Morgan fingerprint density at radius 3 is 2.72 bits per heavy atom. The molecule has 3 aromatic rings. The average Bonchev–Trinajstić information content (AvgIpc) is 3.02. The van der Waals surface area contributed by atoms with Crippen LogP contribution in [0.15, 0.2) is 59.5 Å². The second-order valence-electron chi connectivity index (χ2n) is 5.60. The van der Waals surface area contributed by atoms with Crippen molar-refractivity contribution in [2.24, 2.45) is 7.05 Å². The van der Waals surface area contributed by atoms with Gasteiger partial charge in [-0.1, -0.05) is 30.3 Å². The van der Waals surface area contributed by atoms with Crippen LogP contribution in [0.4, 0.5) is 0 Å². The Kier molecular flexibility index (Phi) is 5.03. The Morgan fingerprint density at radius 1 is 1.16 bits per heavy atom. The molecule has 0 fully saturated rings. The van der Waals surface area contributed by atoms with Gasteiger partial charge in [-0.2, -0.15) is 10.2 Å². The molecule has 0 aliphatic carbocycles. The minimum atomic E-state index is -0.189. The molecule has 7 nitrogen and oxygen atoms in total. The zero-order chi connectivity index (χ0) is 17.6. The van der Waals surface area contributed by atoms with E-state index < -0.39 is 0 Å². The molecule has 128 valence electrons. The first-order chi connectivity index (χ1) is 12.1. The standard InChI is InChI=1S/C18H19N5O2/c1-22-16(13-15(21-22)14-7-3-2-4-8-14)18(25)19-10-6-12-23-17(24)9-5-11-20-23/h2-5,7-9,11,13H,6,10,12H2,1H3,(H,19,25). The Morgan fingerprint density at radius 2 is 1.96 bits per heavy atom. The molecule has 1 amide bonds. The third kappa shape index (κ3) is 4.00. The summed E-state index contributed by atoms with van der Waals surface area (Å²) in [4.78, 5) is 23.9. The van der Waals surface area contributed by atoms with Gasteiger partial charge in [-0.05, 0) is 18.6 Å². The molecular weight excluding hydrogens is 318 g/mol. The summed E-state index contributed by atoms with van der Waals surface area (Å²) in [6, 6.07) is 14.6. The number of carbonyl (C=O) groups excluding carboxylic acids is 1. The number of carbonyl (C=O) groups is 1. The van der Waals surface area contributed by atoms with Gasteiger partial charge in [0.2, 0.25) is 0 Å². The molecule has 0 aliphatic rings. The van der Waals surface area contributed by atoms with Crippen molar-refractivity contribution in [2.75, 3.05) is 6.54 Å². The lowest BCUT2D eigenvalue weighted by molar-refractivity contribution is 0.0943. The molecular formula is C18H19N5O2. The highest BCUT2D eigenvalue weighted by molar-refractivity contribution is 5.93. The Balaban J connectivity index is 1.58. The lowest BCUT2D eigenvalue weighted by Gasteiger charge is -2.06. The van der Waals surface area contributed by atoms with Crippen molar-refractivity contribution >= 4 is 5.91 Å². The third-order valence-electron chi connectivity index (χ3n) is 3.80. The van der Waals surface area contributed by atoms with Gasteiger partial charge in [-0.25, -0.2) is 4.68 Å². The summed E-state index contributed by atoms with van der Waals surface area (Å²) in [5.41, 5.74) is 2.07. The summed E-state index contributed by atoms with van der Waals surface area (Å²) in [6.45, 7) is 0.911. The molecule has 0 radical (unpaired) electrons. The van der Waals surface area contributed by atoms with Gasteiger partial charge >= 0.3 is 0 Å². The van der Waals surface area contributed by atoms with Crippen LogP contribution in [0.5, 0.6) is 0 Å². The summed E-state index contributed by atoms with van der Waals surface area (Å²) < 4.78 is 2.95. The van der Waals surface area contributed by atoms with Gasteiger partial charge in [0.05, 0.1) is 5.69 Å². The van der Waals surface area contributed by atoms with Gasteiger partial charge < -0.3 is 5.32 Å².